The molecule has 5 aliphatic carbocycles. The van der Waals surface area contributed by atoms with Crippen molar-refractivity contribution in [2.24, 2.45) is 56.7 Å². The Bertz CT molecular complexity index is 807. The molecule has 0 aromatic heterocycles. The first-order chi connectivity index (χ1) is 14.3. The molecule has 5 aliphatic rings. The average Bonchev–Trinajstić information content (AvgIpc) is 3.04. The van der Waals surface area contributed by atoms with Gasteiger partial charge in [-0.15, -0.1) is 0 Å². The van der Waals surface area contributed by atoms with Gasteiger partial charge in [0.05, 0.1) is 0 Å². The molecule has 0 aromatic carbocycles. The number of hydrogen-bond donors (Lipinski definition) is 0. The first-order valence-corrected chi connectivity index (χ1v) is 13.5. The highest BCUT2D eigenvalue weighted by atomic mass is 16.1. The van der Waals surface area contributed by atoms with Crippen LogP contribution in [0, 0.1) is 56.7 Å². The first-order valence-electron chi connectivity index (χ1n) is 13.5. The van der Waals surface area contributed by atoms with Crippen LogP contribution >= 0.6 is 0 Å². The number of ketones is 1. The number of Topliss-reactive ketones (excluding diaryl/α,β-unsaturated/α-hetero) is 1. The monoisotopic (exact) mass is 424 g/mol. The van der Waals surface area contributed by atoms with Gasteiger partial charge in [-0.05, 0) is 116 Å². The van der Waals surface area contributed by atoms with Crippen molar-refractivity contribution >= 4 is 5.78 Å². The summed E-state index contributed by atoms with van der Waals surface area (Å²) >= 11 is 0. The van der Waals surface area contributed by atoms with Gasteiger partial charge < -0.3 is 0 Å². The summed E-state index contributed by atoms with van der Waals surface area (Å²) in [5, 5.41) is 0. The Morgan fingerprint density at radius 1 is 0.806 bits per heavy atom. The van der Waals surface area contributed by atoms with Crippen molar-refractivity contribution in [3.05, 3.63) is 12.2 Å². The molecule has 0 amide bonds. The fourth-order valence-electron chi connectivity index (χ4n) is 11.3. The molecule has 0 aliphatic heterocycles. The maximum Gasteiger partial charge on any atom is 0.138 e. The first kappa shape index (κ1) is 22.2. The average molecular weight is 425 g/mol. The molecule has 0 saturated heterocycles. The number of allylic oxidation sites excluding steroid dienone is 1. The summed E-state index contributed by atoms with van der Waals surface area (Å²) in [7, 11) is 0. The van der Waals surface area contributed by atoms with Crippen molar-refractivity contribution in [3.8, 4) is 0 Å². The zero-order valence-corrected chi connectivity index (χ0v) is 21.6. The number of carbonyl (C=O) groups excluding carboxylic acids is 1. The van der Waals surface area contributed by atoms with Crippen LogP contribution in [-0.2, 0) is 4.79 Å². The molecule has 5 saturated carbocycles. The molecule has 0 spiro atoms. The maximum atomic E-state index is 12.9. The predicted molar refractivity (Wildman–Crippen MR) is 130 cm³/mol. The Kier molecular flexibility index (Phi) is 4.66. The fraction of sp³-hybridized carbons (Fsp3) is 0.900. The lowest BCUT2D eigenvalue weighted by atomic mass is 9.32. The maximum absolute atomic E-state index is 12.9. The van der Waals surface area contributed by atoms with Crippen LogP contribution < -0.4 is 0 Å². The molecule has 1 heteroatoms. The molecular formula is C30H48O. The van der Waals surface area contributed by atoms with Crippen LogP contribution in [0.2, 0.25) is 0 Å². The van der Waals surface area contributed by atoms with Crippen LogP contribution in [0.5, 0.6) is 0 Å². The van der Waals surface area contributed by atoms with E-state index in [9.17, 15) is 4.79 Å². The second-order valence-electron chi connectivity index (χ2n) is 14.5. The molecule has 0 heterocycles. The largest absolute Gasteiger partial charge is 0.299 e. The van der Waals surface area contributed by atoms with E-state index in [1.54, 1.807) is 0 Å². The molecule has 9 atom stereocenters. The van der Waals surface area contributed by atoms with Crippen LogP contribution in [-0.4, -0.2) is 5.78 Å². The third kappa shape index (κ3) is 2.59. The molecule has 5 rings (SSSR count). The summed E-state index contributed by atoms with van der Waals surface area (Å²) in [6, 6.07) is 0. The topological polar surface area (TPSA) is 17.1 Å². The summed E-state index contributed by atoms with van der Waals surface area (Å²) in [5.41, 5.74) is 3.06. The van der Waals surface area contributed by atoms with E-state index in [-0.39, 0.29) is 5.41 Å². The highest BCUT2D eigenvalue weighted by Gasteiger charge is 2.70. The Morgan fingerprint density at radius 3 is 2.19 bits per heavy atom. The lowest BCUT2D eigenvalue weighted by Crippen LogP contribution is -2.66. The molecule has 1 nitrogen and oxygen atoms in total. The van der Waals surface area contributed by atoms with E-state index in [0.29, 0.717) is 33.4 Å². The predicted octanol–water partition coefficient (Wildman–Crippen LogP) is 8.23. The smallest absolute Gasteiger partial charge is 0.138 e. The van der Waals surface area contributed by atoms with E-state index in [2.05, 4.69) is 55.0 Å². The molecule has 0 radical (unpaired) electrons. The molecule has 0 aromatic rings. The fourth-order valence-corrected chi connectivity index (χ4v) is 11.3. The summed E-state index contributed by atoms with van der Waals surface area (Å²) in [6.07, 6.45) is 13.0. The van der Waals surface area contributed by atoms with E-state index in [1.165, 1.54) is 56.9 Å². The molecular weight excluding hydrogens is 376 g/mol. The number of rotatable bonds is 1. The lowest BCUT2D eigenvalue weighted by Gasteiger charge is -2.72. The summed E-state index contributed by atoms with van der Waals surface area (Å²) in [4.78, 5) is 12.9. The normalized spacial score (nSPS) is 55.6. The van der Waals surface area contributed by atoms with Gasteiger partial charge >= 0.3 is 0 Å². The van der Waals surface area contributed by atoms with Gasteiger partial charge in [-0.25, -0.2) is 0 Å². The van der Waals surface area contributed by atoms with Crippen molar-refractivity contribution in [3.63, 3.8) is 0 Å². The Morgan fingerprint density at radius 2 is 1.52 bits per heavy atom. The van der Waals surface area contributed by atoms with E-state index < -0.39 is 0 Å². The van der Waals surface area contributed by atoms with Crippen LogP contribution in [0.3, 0.4) is 0 Å². The van der Waals surface area contributed by atoms with Gasteiger partial charge in [0, 0.05) is 11.8 Å². The zero-order valence-electron chi connectivity index (χ0n) is 21.6. The standard InChI is InChI=1S/C30H48O/c1-19(2)20-11-14-27(5)17-18-29(7)21(25(20)27)9-10-23-28(6)15-13-24(31)26(3,4)22(28)12-16-30(23,29)8/h20-23,25H,1,9-18H2,2-8H3/t20?,21-,22+,23-,25-,27?,28+,29-,30-/m1/s1. The third-order valence-electron chi connectivity index (χ3n) is 13.2. The number of fused-ring (bicyclic) bond motifs is 7. The minimum Gasteiger partial charge on any atom is -0.299 e. The van der Waals surface area contributed by atoms with E-state index in [1.807, 2.05) is 0 Å². The highest BCUT2D eigenvalue weighted by molar-refractivity contribution is 5.85. The second-order valence-corrected chi connectivity index (χ2v) is 14.5. The Hall–Kier alpha value is -0.590. The molecule has 31 heavy (non-hydrogen) atoms. The van der Waals surface area contributed by atoms with Gasteiger partial charge in [-0.2, -0.15) is 0 Å². The Balaban J connectivity index is 1.55. The minimum absolute atomic E-state index is 0.131. The van der Waals surface area contributed by atoms with Crippen LogP contribution in [0.15, 0.2) is 12.2 Å². The van der Waals surface area contributed by atoms with Gasteiger partial charge in [0.25, 0.3) is 0 Å². The summed E-state index contributed by atoms with van der Waals surface area (Å²) in [5.74, 6) is 4.33. The highest BCUT2D eigenvalue weighted by Crippen LogP contribution is 2.77. The van der Waals surface area contributed by atoms with E-state index in [0.717, 1.165) is 36.5 Å². The molecule has 5 fully saturated rings. The number of hydrogen-bond acceptors (Lipinski definition) is 1. The van der Waals surface area contributed by atoms with Crippen molar-refractivity contribution < 1.29 is 4.79 Å². The quantitative estimate of drug-likeness (QED) is 0.387. The summed E-state index contributed by atoms with van der Waals surface area (Å²) in [6.45, 7) is 22.0. The second kappa shape index (κ2) is 6.50. The van der Waals surface area contributed by atoms with Crippen molar-refractivity contribution in [1.82, 2.24) is 0 Å². The van der Waals surface area contributed by atoms with Crippen LogP contribution in [0.4, 0.5) is 0 Å². The molecule has 2 unspecified atom stereocenters. The Labute approximate surface area is 192 Å². The van der Waals surface area contributed by atoms with Gasteiger partial charge in [0.2, 0.25) is 0 Å². The summed E-state index contributed by atoms with van der Waals surface area (Å²) < 4.78 is 0. The van der Waals surface area contributed by atoms with Gasteiger partial charge in [0.15, 0.2) is 0 Å². The molecule has 0 bridgehead atoms. The SMILES string of the molecule is C=C(C)C1CCC2(C)CC[C@]3(C)[C@H](CC[C@@H]4[C@@]5(C)CCC(=O)C(C)(C)[C@@H]5CC[C@]43C)[C@@H]12. The third-order valence-corrected chi connectivity index (χ3v) is 13.2. The van der Waals surface area contributed by atoms with Crippen molar-refractivity contribution in [2.45, 2.75) is 113 Å². The van der Waals surface area contributed by atoms with E-state index in [4.69, 9.17) is 0 Å². The van der Waals surface area contributed by atoms with Gasteiger partial charge in [-0.3, -0.25) is 4.79 Å². The van der Waals surface area contributed by atoms with Crippen molar-refractivity contribution in [2.75, 3.05) is 0 Å². The minimum atomic E-state index is -0.131. The zero-order chi connectivity index (χ0) is 22.6. The van der Waals surface area contributed by atoms with E-state index >= 15 is 0 Å². The van der Waals surface area contributed by atoms with Crippen LogP contribution in [0.25, 0.3) is 0 Å². The molecule has 174 valence electrons. The van der Waals surface area contributed by atoms with Gasteiger partial charge in [-0.1, -0.05) is 53.7 Å². The van der Waals surface area contributed by atoms with Gasteiger partial charge in [0.1, 0.15) is 5.78 Å². The van der Waals surface area contributed by atoms with Crippen LogP contribution in [0.1, 0.15) is 113 Å². The van der Waals surface area contributed by atoms with Crippen molar-refractivity contribution in [1.29, 1.82) is 0 Å². The number of carbonyl (C=O) groups is 1. The molecule has 0 N–H and O–H groups in total. The lowest BCUT2D eigenvalue weighted by molar-refractivity contribution is -0.232.